The number of hydrogen-bond donors (Lipinski definition) is 2. The Balaban J connectivity index is 1.80. The highest BCUT2D eigenvalue weighted by molar-refractivity contribution is 7.89. The molecule has 19 heavy (non-hydrogen) atoms. The molecule has 0 spiro atoms. The zero-order valence-corrected chi connectivity index (χ0v) is 11.3. The van der Waals surface area contributed by atoms with E-state index in [4.69, 9.17) is 9.88 Å². The maximum Gasteiger partial charge on any atom is 0.238 e. The van der Waals surface area contributed by atoms with Crippen LogP contribution in [0.25, 0.3) is 0 Å². The molecule has 1 saturated heterocycles. The second-order valence-electron chi connectivity index (χ2n) is 4.61. The summed E-state index contributed by atoms with van der Waals surface area (Å²) < 4.78 is 27.7. The van der Waals surface area contributed by atoms with Crippen LogP contribution in [0.2, 0.25) is 0 Å². The summed E-state index contributed by atoms with van der Waals surface area (Å²) in [5.41, 5.74) is 0. The average Bonchev–Trinajstić information content (AvgIpc) is 2.75. The van der Waals surface area contributed by atoms with Crippen LogP contribution in [0.15, 0.2) is 29.2 Å². The van der Waals surface area contributed by atoms with Crippen LogP contribution in [0.5, 0.6) is 5.75 Å². The van der Waals surface area contributed by atoms with Crippen molar-refractivity contribution >= 4 is 10.0 Å². The Morgan fingerprint density at radius 1 is 1.37 bits per heavy atom. The van der Waals surface area contributed by atoms with Gasteiger partial charge >= 0.3 is 0 Å². The summed E-state index contributed by atoms with van der Waals surface area (Å²) in [5, 5.41) is 14.4. The minimum absolute atomic E-state index is 0.0718. The van der Waals surface area contributed by atoms with Crippen LogP contribution in [0.4, 0.5) is 0 Å². The predicted octanol–water partition coefficient (Wildman–Crippen LogP) is -0.221. The van der Waals surface area contributed by atoms with E-state index in [-0.39, 0.29) is 11.0 Å². The molecule has 1 aliphatic heterocycles. The first-order chi connectivity index (χ1) is 8.95. The van der Waals surface area contributed by atoms with Crippen molar-refractivity contribution in [3.63, 3.8) is 0 Å². The molecule has 1 unspecified atom stereocenters. The first kappa shape index (κ1) is 14.3. The second-order valence-corrected chi connectivity index (χ2v) is 6.17. The van der Waals surface area contributed by atoms with Crippen molar-refractivity contribution in [2.75, 3.05) is 26.2 Å². The number of aliphatic hydroxyl groups is 1. The molecule has 1 aliphatic rings. The third-order valence-electron chi connectivity index (χ3n) is 3.08. The normalized spacial score (nSPS) is 20.6. The molecule has 6 nitrogen and oxygen atoms in total. The molecule has 0 amide bonds. The van der Waals surface area contributed by atoms with Gasteiger partial charge in [0.25, 0.3) is 0 Å². The van der Waals surface area contributed by atoms with Crippen molar-refractivity contribution in [2.24, 2.45) is 5.14 Å². The van der Waals surface area contributed by atoms with Crippen LogP contribution in [-0.2, 0) is 10.0 Å². The van der Waals surface area contributed by atoms with E-state index >= 15 is 0 Å². The zero-order chi connectivity index (χ0) is 13.9. The van der Waals surface area contributed by atoms with Gasteiger partial charge in [0.1, 0.15) is 12.4 Å². The third kappa shape index (κ3) is 4.17. The number of nitrogens with zero attached hydrogens (tertiary/aromatic N) is 1. The minimum Gasteiger partial charge on any atom is -0.492 e. The highest BCUT2D eigenvalue weighted by Gasteiger charge is 2.19. The van der Waals surface area contributed by atoms with Gasteiger partial charge in [-0.1, -0.05) is 0 Å². The van der Waals surface area contributed by atoms with Crippen LogP contribution in [0, 0.1) is 0 Å². The number of ether oxygens (including phenoxy) is 1. The number of primary sulfonamides is 1. The van der Waals surface area contributed by atoms with E-state index < -0.39 is 10.0 Å². The van der Waals surface area contributed by atoms with Crippen molar-refractivity contribution in [1.29, 1.82) is 0 Å². The Morgan fingerprint density at radius 3 is 2.58 bits per heavy atom. The first-order valence-electron chi connectivity index (χ1n) is 6.11. The summed E-state index contributed by atoms with van der Waals surface area (Å²) in [6, 6.07) is 6.01. The Labute approximate surface area is 112 Å². The van der Waals surface area contributed by atoms with E-state index in [1.807, 2.05) is 0 Å². The summed E-state index contributed by atoms with van der Waals surface area (Å²) in [5.74, 6) is 0.604. The van der Waals surface area contributed by atoms with Crippen LogP contribution in [0.3, 0.4) is 0 Å². The molecule has 106 valence electrons. The van der Waals surface area contributed by atoms with Gasteiger partial charge in [0, 0.05) is 19.6 Å². The van der Waals surface area contributed by atoms with Crippen LogP contribution in [-0.4, -0.2) is 50.8 Å². The Morgan fingerprint density at radius 2 is 2.05 bits per heavy atom. The number of rotatable bonds is 5. The molecule has 1 heterocycles. The van der Waals surface area contributed by atoms with Crippen molar-refractivity contribution in [1.82, 2.24) is 4.90 Å². The van der Waals surface area contributed by atoms with Gasteiger partial charge in [-0.3, -0.25) is 4.90 Å². The Bertz CT molecular complexity index is 515. The molecular formula is C12H18N2O4S. The lowest BCUT2D eigenvalue weighted by atomic mass is 10.3. The van der Waals surface area contributed by atoms with E-state index in [1.54, 1.807) is 12.1 Å². The SMILES string of the molecule is NS(=O)(=O)c1ccc(OCCN2CCC(O)C2)cc1. The molecule has 2 rings (SSSR count). The molecule has 1 fully saturated rings. The molecule has 0 aromatic heterocycles. The molecule has 0 radical (unpaired) electrons. The van der Waals surface area contributed by atoms with Gasteiger partial charge in [0.05, 0.1) is 11.0 Å². The molecular weight excluding hydrogens is 268 g/mol. The van der Waals surface area contributed by atoms with Gasteiger partial charge in [-0.2, -0.15) is 0 Å². The number of benzene rings is 1. The van der Waals surface area contributed by atoms with E-state index in [1.165, 1.54) is 12.1 Å². The highest BCUT2D eigenvalue weighted by Crippen LogP contribution is 2.15. The lowest BCUT2D eigenvalue weighted by molar-refractivity contribution is 0.167. The maximum atomic E-state index is 11.1. The fourth-order valence-corrected chi connectivity index (χ4v) is 2.55. The number of hydrogen-bond acceptors (Lipinski definition) is 5. The summed E-state index contributed by atoms with van der Waals surface area (Å²) in [6.07, 6.45) is 0.581. The fourth-order valence-electron chi connectivity index (χ4n) is 2.03. The van der Waals surface area contributed by atoms with Gasteiger partial charge in [-0.15, -0.1) is 0 Å². The minimum atomic E-state index is -3.65. The number of sulfonamides is 1. The zero-order valence-electron chi connectivity index (χ0n) is 10.5. The number of likely N-dealkylation sites (tertiary alicyclic amines) is 1. The van der Waals surface area contributed by atoms with E-state index in [0.29, 0.717) is 18.9 Å². The molecule has 1 aromatic rings. The summed E-state index contributed by atoms with van der Waals surface area (Å²) >= 11 is 0. The van der Waals surface area contributed by atoms with E-state index in [9.17, 15) is 13.5 Å². The standard InChI is InChI=1S/C12H18N2O4S/c13-19(16,17)12-3-1-11(2-4-12)18-8-7-14-6-5-10(15)9-14/h1-4,10,15H,5-9H2,(H2,13,16,17). The van der Waals surface area contributed by atoms with Crippen molar-refractivity contribution in [2.45, 2.75) is 17.4 Å². The van der Waals surface area contributed by atoms with Gasteiger partial charge in [0.2, 0.25) is 10.0 Å². The number of β-amino-alcohol motifs (C(OH)–C–C–N with tert-alkyl or cyclic N) is 1. The van der Waals surface area contributed by atoms with Gasteiger partial charge in [-0.25, -0.2) is 13.6 Å². The number of nitrogens with two attached hydrogens (primary N) is 1. The lowest BCUT2D eigenvalue weighted by Crippen LogP contribution is -2.27. The maximum absolute atomic E-state index is 11.1. The Hall–Kier alpha value is -1.15. The quantitative estimate of drug-likeness (QED) is 0.780. The van der Waals surface area contributed by atoms with Gasteiger partial charge in [-0.05, 0) is 30.7 Å². The van der Waals surface area contributed by atoms with Crippen LogP contribution >= 0.6 is 0 Å². The highest BCUT2D eigenvalue weighted by atomic mass is 32.2. The molecule has 1 aromatic carbocycles. The largest absolute Gasteiger partial charge is 0.492 e. The Kier molecular flexibility index (Phi) is 4.41. The topological polar surface area (TPSA) is 92.9 Å². The summed E-state index contributed by atoms with van der Waals surface area (Å²) in [6.45, 7) is 2.82. The van der Waals surface area contributed by atoms with Crippen molar-refractivity contribution < 1.29 is 18.3 Å². The molecule has 3 N–H and O–H groups in total. The number of aliphatic hydroxyl groups excluding tert-OH is 1. The molecule has 1 atom stereocenters. The molecule has 0 aliphatic carbocycles. The average molecular weight is 286 g/mol. The molecule has 7 heteroatoms. The summed E-state index contributed by atoms with van der Waals surface area (Å²) in [7, 11) is -3.65. The third-order valence-corrected chi connectivity index (χ3v) is 4.01. The first-order valence-corrected chi connectivity index (χ1v) is 7.66. The van der Waals surface area contributed by atoms with E-state index in [2.05, 4.69) is 4.90 Å². The van der Waals surface area contributed by atoms with Crippen molar-refractivity contribution in [3.8, 4) is 5.75 Å². The van der Waals surface area contributed by atoms with Crippen LogP contribution < -0.4 is 9.88 Å². The fraction of sp³-hybridized carbons (Fsp3) is 0.500. The lowest BCUT2D eigenvalue weighted by Gasteiger charge is -2.15. The summed E-state index contributed by atoms with van der Waals surface area (Å²) in [4.78, 5) is 2.20. The molecule has 0 saturated carbocycles. The van der Waals surface area contributed by atoms with Crippen molar-refractivity contribution in [3.05, 3.63) is 24.3 Å². The smallest absolute Gasteiger partial charge is 0.238 e. The van der Waals surface area contributed by atoms with E-state index in [0.717, 1.165) is 19.5 Å². The van der Waals surface area contributed by atoms with Gasteiger partial charge < -0.3 is 9.84 Å². The second kappa shape index (κ2) is 5.87. The van der Waals surface area contributed by atoms with Gasteiger partial charge in [0.15, 0.2) is 0 Å². The monoisotopic (exact) mass is 286 g/mol. The predicted molar refractivity (Wildman–Crippen MR) is 70.4 cm³/mol. The molecule has 0 bridgehead atoms. The van der Waals surface area contributed by atoms with Crippen LogP contribution in [0.1, 0.15) is 6.42 Å².